The number of ether oxygens (including phenoxy) is 1. The van der Waals surface area contributed by atoms with Gasteiger partial charge in [0.05, 0.1) is 11.6 Å². The fourth-order valence-electron chi connectivity index (χ4n) is 1.76. The standard InChI is InChI=1S/C14H12N2O2/c15-9-10-1-3-11(4-2-10)18-14-12-6-8-17-13(12)5-7-16-14/h1-8H,9,15H2. The summed E-state index contributed by atoms with van der Waals surface area (Å²) >= 11 is 0. The van der Waals surface area contributed by atoms with Gasteiger partial charge in [-0.3, -0.25) is 0 Å². The van der Waals surface area contributed by atoms with Crippen molar-refractivity contribution in [3.63, 3.8) is 0 Å². The minimum Gasteiger partial charge on any atom is -0.464 e. The molecule has 0 radical (unpaired) electrons. The van der Waals surface area contributed by atoms with E-state index in [9.17, 15) is 0 Å². The number of rotatable bonds is 3. The summed E-state index contributed by atoms with van der Waals surface area (Å²) in [5.74, 6) is 1.27. The van der Waals surface area contributed by atoms with Crippen LogP contribution >= 0.6 is 0 Å². The van der Waals surface area contributed by atoms with Crippen molar-refractivity contribution in [3.05, 3.63) is 54.4 Å². The average molecular weight is 240 g/mol. The molecule has 2 aromatic heterocycles. The molecule has 18 heavy (non-hydrogen) atoms. The highest BCUT2D eigenvalue weighted by atomic mass is 16.5. The van der Waals surface area contributed by atoms with Gasteiger partial charge in [0, 0.05) is 12.7 Å². The Kier molecular flexibility index (Phi) is 2.70. The maximum atomic E-state index is 5.74. The van der Waals surface area contributed by atoms with Gasteiger partial charge in [0.1, 0.15) is 11.3 Å². The zero-order valence-electron chi connectivity index (χ0n) is 9.67. The second-order valence-corrected chi connectivity index (χ2v) is 3.90. The molecule has 0 spiro atoms. The van der Waals surface area contributed by atoms with Gasteiger partial charge in [-0.25, -0.2) is 4.98 Å². The van der Waals surface area contributed by atoms with Crippen molar-refractivity contribution < 1.29 is 9.15 Å². The molecule has 1 aromatic carbocycles. The Balaban J connectivity index is 1.93. The van der Waals surface area contributed by atoms with Crippen LogP contribution in [0, 0.1) is 0 Å². The van der Waals surface area contributed by atoms with E-state index in [1.807, 2.05) is 30.3 Å². The highest BCUT2D eigenvalue weighted by Crippen LogP contribution is 2.28. The molecule has 4 nitrogen and oxygen atoms in total. The van der Waals surface area contributed by atoms with Gasteiger partial charge in [-0.1, -0.05) is 12.1 Å². The molecule has 2 heterocycles. The van der Waals surface area contributed by atoms with Crippen LogP contribution in [0.25, 0.3) is 11.0 Å². The molecular formula is C14H12N2O2. The monoisotopic (exact) mass is 240 g/mol. The number of aromatic nitrogens is 1. The molecule has 4 heteroatoms. The normalized spacial score (nSPS) is 10.7. The molecular weight excluding hydrogens is 228 g/mol. The van der Waals surface area contributed by atoms with E-state index in [0.717, 1.165) is 22.3 Å². The zero-order chi connectivity index (χ0) is 12.4. The van der Waals surface area contributed by atoms with Gasteiger partial charge in [-0.15, -0.1) is 0 Å². The van der Waals surface area contributed by atoms with Gasteiger partial charge in [-0.05, 0) is 29.8 Å². The molecule has 3 rings (SSSR count). The van der Waals surface area contributed by atoms with Crippen LogP contribution in [0.4, 0.5) is 0 Å². The SMILES string of the molecule is NCc1ccc(Oc2nccc3occc23)cc1. The maximum Gasteiger partial charge on any atom is 0.230 e. The Bertz CT molecular complexity index is 659. The van der Waals surface area contributed by atoms with Crippen LogP contribution in [-0.2, 0) is 6.54 Å². The van der Waals surface area contributed by atoms with Gasteiger partial charge in [-0.2, -0.15) is 0 Å². The number of nitrogens with zero attached hydrogens (tertiary/aromatic N) is 1. The lowest BCUT2D eigenvalue weighted by atomic mass is 10.2. The predicted octanol–water partition coefficient (Wildman–Crippen LogP) is 3.08. The summed E-state index contributed by atoms with van der Waals surface area (Å²) < 4.78 is 11.0. The highest BCUT2D eigenvalue weighted by Gasteiger charge is 2.06. The number of furan rings is 1. The Morgan fingerprint density at radius 2 is 1.94 bits per heavy atom. The summed E-state index contributed by atoms with van der Waals surface area (Å²) in [4.78, 5) is 4.21. The van der Waals surface area contributed by atoms with E-state index < -0.39 is 0 Å². The first kappa shape index (κ1) is 10.8. The third-order valence-corrected chi connectivity index (χ3v) is 2.72. The molecule has 0 saturated heterocycles. The number of fused-ring (bicyclic) bond motifs is 1. The molecule has 0 aliphatic carbocycles. The van der Waals surface area contributed by atoms with Gasteiger partial charge < -0.3 is 14.9 Å². The topological polar surface area (TPSA) is 61.3 Å². The van der Waals surface area contributed by atoms with Crippen LogP contribution in [0.2, 0.25) is 0 Å². The molecule has 90 valence electrons. The third-order valence-electron chi connectivity index (χ3n) is 2.72. The Morgan fingerprint density at radius 3 is 2.72 bits per heavy atom. The zero-order valence-corrected chi connectivity index (χ0v) is 9.67. The van der Waals surface area contributed by atoms with Gasteiger partial charge in [0.15, 0.2) is 0 Å². The molecule has 3 aromatic rings. The summed E-state index contributed by atoms with van der Waals surface area (Å²) in [7, 11) is 0. The Hall–Kier alpha value is -2.33. The maximum absolute atomic E-state index is 5.74. The number of hydrogen-bond donors (Lipinski definition) is 1. The van der Waals surface area contributed by atoms with Crippen LogP contribution < -0.4 is 10.5 Å². The first-order valence-electron chi connectivity index (χ1n) is 5.66. The predicted molar refractivity (Wildman–Crippen MR) is 68.4 cm³/mol. The Morgan fingerprint density at radius 1 is 1.11 bits per heavy atom. The largest absolute Gasteiger partial charge is 0.464 e. The van der Waals surface area contributed by atoms with E-state index in [2.05, 4.69) is 4.98 Å². The molecule has 0 aliphatic rings. The van der Waals surface area contributed by atoms with E-state index in [1.54, 1.807) is 18.5 Å². The van der Waals surface area contributed by atoms with Crippen molar-refractivity contribution in [2.24, 2.45) is 5.73 Å². The van der Waals surface area contributed by atoms with Crippen molar-refractivity contribution in [1.29, 1.82) is 0 Å². The molecule has 0 amide bonds. The number of pyridine rings is 1. The van der Waals surface area contributed by atoms with Crippen molar-refractivity contribution in [2.45, 2.75) is 6.54 Å². The summed E-state index contributed by atoms with van der Waals surface area (Å²) in [6.07, 6.45) is 3.28. The summed E-state index contributed by atoms with van der Waals surface area (Å²) in [5.41, 5.74) is 7.38. The molecule has 2 N–H and O–H groups in total. The summed E-state index contributed by atoms with van der Waals surface area (Å²) in [5, 5.41) is 0.861. The van der Waals surface area contributed by atoms with E-state index in [1.165, 1.54) is 0 Å². The molecule has 0 saturated carbocycles. The Labute approximate surface area is 104 Å². The lowest BCUT2D eigenvalue weighted by Crippen LogP contribution is -1.95. The lowest BCUT2D eigenvalue weighted by molar-refractivity contribution is 0.468. The fraction of sp³-hybridized carbons (Fsp3) is 0.0714. The second kappa shape index (κ2) is 4.50. The molecule has 0 aliphatic heterocycles. The van der Waals surface area contributed by atoms with Crippen LogP contribution in [0.3, 0.4) is 0 Å². The van der Waals surface area contributed by atoms with Crippen LogP contribution in [0.5, 0.6) is 11.6 Å². The number of nitrogens with two attached hydrogens (primary N) is 1. The minimum absolute atomic E-state index is 0.524. The van der Waals surface area contributed by atoms with Crippen molar-refractivity contribution in [1.82, 2.24) is 4.98 Å². The van der Waals surface area contributed by atoms with Crippen molar-refractivity contribution >= 4 is 11.0 Å². The molecule has 0 atom stereocenters. The van der Waals surface area contributed by atoms with Crippen molar-refractivity contribution in [3.8, 4) is 11.6 Å². The van der Waals surface area contributed by atoms with Crippen LogP contribution in [0.15, 0.2) is 53.3 Å². The van der Waals surface area contributed by atoms with E-state index >= 15 is 0 Å². The van der Waals surface area contributed by atoms with Gasteiger partial charge in [0.2, 0.25) is 5.88 Å². The first-order valence-corrected chi connectivity index (χ1v) is 5.66. The van der Waals surface area contributed by atoms with E-state index in [0.29, 0.717) is 12.4 Å². The van der Waals surface area contributed by atoms with Crippen molar-refractivity contribution in [2.75, 3.05) is 0 Å². The lowest BCUT2D eigenvalue weighted by Gasteiger charge is -2.05. The van der Waals surface area contributed by atoms with Gasteiger partial charge >= 0.3 is 0 Å². The van der Waals surface area contributed by atoms with Gasteiger partial charge in [0.25, 0.3) is 0 Å². The minimum atomic E-state index is 0.524. The molecule has 0 fully saturated rings. The molecule has 0 unspecified atom stereocenters. The van der Waals surface area contributed by atoms with Crippen LogP contribution in [-0.4, -0.2) is 4.98 Å². The highest BCUT2D eigenvalue weighted by molar-refractivity contribution is 5.82. The second-order valence-electron chi connectivity index (χ2n) is 3.90. The summed E-state index contributed by atoms with van der Waals surface area (Å²) in [6, 6.07) is 11.3. The van der Waals surface area contributed by atoms with Crippen LogP contribution in [0.1, 0.15) is 5.56 Å². The quantitative estimate of drug-likeness (QED) is 0.764. The number of hydrogen-bond acceptors (Lipinski definition) is 4. The smallest absolute Gasteiger partial charge is 0.230 e. The molecule has 0 bridgehead atoms. The summed E-state index contributed by atoms with van der Waals surface area (Å²) in [6.45, 7) is 0.524. The first-order chi connectivity index (χ1) is 8.86. The average Bonchev–Trinajstić information content (AvgIpc) is 2.89. The number of benzene rings is 1. The fourth-order valence-corrected chi connectivity index (χ4v) is 1.76. The van der Waals surface area contributed by atoms with E-state index in [-0.39, 0.29) is 0 Å². The van der Waals surface area contributed by atoms with E-state index in [4.69, 9.17) is 14.9 Å². The third kappa shape index (κ3) is 1.94.